The zero-order valence-corrected chi connectivity index (χ0v) is 12.6. The normalized spacial score (nSPS) is 10.5. The van der Waals surface area contributed by atoms with Crippen molar-refractivity contribution in [3.63, 3.8) is 0 Å². The number of nitrogens with zero attached hydrogens (tertiary/aromatic N) is 1. The Kier molecular flexibility index (Phi) is 4.79. The lowest BCUT2D eigenvalue weighted by molar-refractivity contribution is -0.137. The van der Waals surface area contributed by atoms with Crippen molar-refractivity contribution >= 4 is 21.9 Å². The molecule has 5 nitrogen and oxygen atoms in total. The summed E-state index contributed by atoms with van der Waals surface area (Å²) in [4.78, 5) is 17.9. The number of rotatable bonds is 6. The Balaban J connectivity index is 2.08. The number of aromatic amines is 1. The third kappa shape index (κ3) is 3.60. The highest BCUT2D eigenvalue weighted by Gasteiger charge is 2.07. The maximum atomic E-state index is 10.5. The largest absolute Gasteiger partial charge is 0.496 e. The van der Waals surface area contributed by atoms with Crippen LogP contribution in [0, 0.1) is 0 Å². The van der Waals surface area contributed by atoms with Crippen molar-refractivity contribution in [2.75, 3.05) is 7.11 Å². The summed E-state index contributed by atoms with van der Waals surface area (Å²) < 4.78 is 6.06. The Labute approximate surface area is 125 Å². The van der Waals surface area contributed by atoms with E-state index in [1.165, 1.54) is 0 Å². The SMILES string of the molecule is COc1ccc(-c2cnc(CCCC(=O)O)[nH]2)cc1Br. The maximum absolute atomic E-state index is 10.5. The number of carbonyl (C=O) groups is 1. The number of aryl methyl sites for hydroxylation is 1. The molecule has 2 aromatic rings. The second-order valence-electron chi connectivity index (χ2n) is 4.34. The van der Waals surface area contributed by atoms with E-state index >= 15 is 0 Å². The van der Waals surface area contributed by atoms with Gasteiger partial charge >= 0.3 is 5.97 Å². The number of imidazole rings is 1. The van der Waals surface area contributed by atoms with Crippen LogP contribution in [0.2, 0.25) is 0 Å². The molecule has 2 rings (SSSR count). The Morgan fingerprint density at radius 3 is 2.95 bits per heavy atom. The Morgan fingerprint density at radius 2 is 2.30 bits per heavy atom. The molecule has 0 aliphatic carbocycles. The van der Waals surface area contributed by atoms with Gasteiger partial charge in [0.05, 0.1) is 23.5 Å². The van der Waals surface area contributed by atoms with Crippen molar-refractivity contribution in [3.05, 3.63) is 34.7 Å². The van der Waals surface area contributed by atoms with Crippen LogP contribution in [0.1, 0.15) is 18.7 Å². The van der Waals surface area contributed by atoms with Gasteiger partial charge < -0.3 is 14.8 Å². The van der Waals surface area contributed by atoms with Crippen LogP contribution < -0.4 is 4.74 Å². The van der Waals surface area contributed by atoms with Crippen LogP contribution >= 0.6 is 15.9 Å². The lowest BCUT2D eigenvalue weighted by Crippen LogP contribution is -1.96. The molecule has 1 aromatic carbocycles. The first-order valence-electron chi connectivity index (χ1n) is 6.19. The number of carboxylic acid groups (broad SMARTS) is 1. The predicted octanol–water partition coefficient (Wildman–Crippen LogP) is 3.26. The number of aromatic nitrogens is 2. The van der Waals surface area contributed by atoms with Gasteiger partial charge in [0.15, 0.2) is 0 Å². The Bertz CT molecular complexity index is 610. The van der Waals surface area contributed by atoms with Gasteiger partial charge in [-0.3, -0.25) is 4.79 Å². The van der Waals surface area contributed by atoms with Crippen molar-refractivity contribution in [1.82, 2.24) is 9.97 Å². The van der Waals surface area contributed by atoms with Gasteiger partial charge in [0, 0.05) is 18.4 Å². The molecule has 0 aliphatic rings. The molecule has 0 bridgehead atoms. The number of aliphatic carboxylic acids is 1. The number of ether oxygens (including phenoxy) is 1. The van der Waals surface area contributed by atoms with Crippen LogP contribution in [0.15, 0.2) is 28.9 Å². The van der Waals surface area contributed by atoms with Gasteiger partial charge in [-0.15, -0.1) is 0 Å². The lowest BCUT2D eigenvalue weighted by atomic mass is 10.1. The van der Waals surface area contributed by atoms with Crippen molar-refractivity contribution in [2.45, 2.75) is 19.3 Å². The van der Waals surface area contributed by atoms with E-state index in [9.17, 15) is 4.79 Å². The zero-order valence-electron chi connectivity index (χ0n) is 11.0. The summed E-state index contributed by atoms with van der Waals surface area (Å²) in [6.07, 6.45) is 3.12. The van der Waals surface area contributed by atoms with Crippen LogP contribution in [0.4, 0.5) is 0 Å². The molecule has 0 atom stereocenters. The molecule has 6 heteroatoms. The van der Waals surface area contributed by atoms with E-state index in [1.807, 2.05) is 18.2 Å². The van der Waals surface area contributed by atoms with E-state index < -0.39 is 5.97 Å². The second-order valence-corrected chi connectivity index (χ2v) is 5.19. The summed E-state index contributed by atoms with van der Waals surface area (Å²) in [5, 5.41) is 8.61. The van der Waals surface area contributed by atoms with Crippen LogP contribution in [0.5, 0.6) is 5.75 Å². The summed E-state index contributed by atoms with van der Waals surface area (Å²) >= 11 is 3.44. The van der Waals surface area contributed by atoms with Crippen molar-refractivity contribution in [1.29, 1.82) is 0 Å². The molecule has 0 unspecified atom stereocenters. The van der Waals surface area contributed by atoms with Crippen molar-refractivity contribution < 1.29 is 14.6 Å². The number of H-pyrrole nitrogens is 1. The van der Waals surface area contributed by atoms with E-state index in [0.29, 0.717) is 12.8 Å². The van der Waals surface area contributed by atoms with Crippen molar-refractivity contribution in [3.8, 4) is 17.0 Å². The molecular formula is C14H15BrN2O3. The molecule has 1 heterocycles. The fourth-order valence-electron chi connectivity index (χ4n) is 1.88. The van der Waals surface area contributed by atoms with Gasteiger partial charge in [0.25, 0.3) is 0 Å². The van der Waals surface area contributed by atoms with Gasteiger partial charge in [0.1, 0.15) is 11.6 Å². The second kappa shape index (κ2) is 6.56. The standard InChI is InChI=1S/C14H15BrN2O3/c1-20-12-6-5-9(7-10(12)15)11-8-16-13(17-11)3-2-4-14(18)19/h5-8H,2-4H2,1H3,(H,16,17)(H,18,19). The van der Waals surface area contributed by atoms with Gasteiger partial charge in [-0.25, -0.2) is 4.98 Å². The van der Waals surface area contributed by atoms with E-state index in [-0.39, 0.29) is 6.42 Å². The van der Waals surface area contributed by atoms with E-state index in [4.69, 9.17) is 9.84 Å². The average Bonchev–Trinajstić information content (AvgIpc) is 2.87. The fourth-order valence-corrected chi connectivity index (χ4v) is 2.42. The van der Waals surface area contributed by atoms with Gasteiger partial charge in [0.2, 0.25) is 0 Å². The number of halogens is 1. The Morgan fingerprint density at radius 1 is 1.50 bits per heavy atom. The molecule has 106 valence electrons. The first-order valence-corrected chi connectivity index (χ1v) is 6.99. The molecule has 0 aliphatic heterocycles. The Hall–Kier alpha value is -1.82. The van der Waals surface area contributed by atoms with Crippen LogP contribution in [0.3, 0.4) is 0 Å². The van der Waals surface area contributed by atoms with Crippen LogP contribution in [-0.4, -0.2) is 28.2 Å². The molecule has 2 N–H and O–H groups in total. The minimum Gasteiger partial charge on any atom is -0.496 e. The lowest BCUT2D eigenvalue weighted by Gasteiger charge is -2.04. The molecule has 20 heavy (non-hydrogen) atoms. The maximum Gasteiger partial charge on any atom is 0.303 e. The predicted molar refractivity (Wildman–Crippen MR) is 78.8 cm³/mol. The summed E-state index contributed by atoms with van der Waals surface area (Å²) in [6.45, 7) is 0. The highest BCUT2D eigenvalue weighted by molar-refractivity contribution is 9.10. The molecule has 0 saturated carbocycles. The molecule has 0 saturated heterocycles. The molecule has 0 spiro atoms. The van der Waals surface area contributed by atoms with E-state index in [0.717, 1.165) is 27.3 Å². The number of nitrogens with one attached hydrogen (secondary N) is 1. The highest BCUT2D eigenvalue weighted by Crippen LogP contribution is 2.29. The number of carboxylic acids is 1. The third-order valence-electron chi connectivity index (χ3n) is 2.90. The van der Waals surface area contributed by atoms with E-state index in [1.54, 1.807) is 13.3 Å². The van der Waals surface area contributed by atoms with Crippen LogP contribution in [0.25, 0.3) is 11.3 Å². The molecule has 1 aromatic heterocycles. The molecule has 0 amide bonds. The minimum absolute atomic E-state index is 0.157. The van der Waals surface area contributed by atoms with Gasteiger partial charge in [-0.1, -0.05) is 0 Å². The monoisotopic (exact) mass is 338 g/mol. The summed E-state index contributed by atoms with van der Waals surface area (Å²) in [5.74, 6) is 0.791. The van der Waals surface area contributed by atoms with Gasteiger partial charge in [-0.05, 0) is 40.5 Å². The third-order valence-corrected chi connectivity index (χ3v) is 3.52. The first-order chi connectivity index (χ1) is 9.60. The number of hydrogen-bond donors (Lipinski definition) is 2. The summed E-state index contributed by atoms with van der Waals surface area (Å²) in [5.41, 5.74) is 1.90. The number of methoxy groups -OCH3 is 1. The van der Waals surface area contributed by atoms with E-state index in [2.05, 4.69) is 25.9 Å². The molecule has 0 radical (unpaired) electrons. The van der Waals surface area contributed by atoms with Gasteiger partial charge in [-0.2, -0.15) is 0 Å². The number of hydrogen-bond acceptors (Lipinski definition) is 3. The summed E-state index contributed by atoms with van der Waals surface area (Å²) in [7, 11) is 1.62. The fraction of sp³-hybridized carbons (Fsp3) is 0.286. The topological polar surface area (TPSA) is 75.2 Å². The summed E-state index contributed by atoms with van der Waals surface area (Å²) in [6, 6.07) is 5.77. The van der Waals surface area contributed by atoms with Crippen molar-refractivity contribution in [2.24, 2.45) is 0 Å². The quantitative estimate of drug-likeness (QED) is 0.847. The highest BCUT2D eigenvalue weighted by atomic mass is 79.9. The smallest absolute Gasteiger partial charge is 0.303 e. The number of benzene rings is 1. The molecule has 0 fully saturated rings. The first kappa shape index (κ1) is 14.6. The average molecular weight is 339 g/mol. The minimum atomic E-state index is -0.782. The zero-order chi connectivity index (χ0) is 14.5. The van der Waals surface area contributed by atoms with Crippen LogP contribution in [-0.2, 0) is 11.2 Å². The molecular weight excluding hydrogens is 324 g/mol.